The van der Waals surface area contributed by atoms with Gasteiger partial charge in [-0.25, -0.2) is 0 Å². The Kier molecular flexibility index (Phi) is 6.06. The van der Waals surface area contributed by atoms with E-state index < -0.39 is 0 Å². The summed E-state index contributed by atoms with van der Waals surface area (Å²) in [6.07, 6.45) is 1.00. The minimum atomic E-state index is 0.710. The maximum Gasteiger partial charge on any atom is 0.133 e. The first-order chi connectivity index (χ1) is 7.24. The summed E-state index contributed by atoms with van der Waals surface area (Å²) in [6, 6.07) is 5.53. The van der Waals surface area contributed by atoms with Crippen molar-refractivity contribution in [3.8, 4) is 5.75 Å². The number of halogens is 2. The molecule has 0 aliphatic rings. The molecule has 2 nitrogen and oxygen atoms in total. The van der Waals surface area contributed by atoms with Gasteiger partial charge in [-0.05, 0) is 53.6 Å². The highest BCUT2D eigenvalue weighted by atomic mass is 79.9. The van der Waals surface area contributed by atoms with Crippen LogP contribution in [0.3, 0.4) is 0 Å². The van der Waals surface area contributed by atoms with E-state index in [9.17, 15) is 0 Å². The van der Waals surface area contributed by atoms with Gasteiger partial charge in [0.25, 0.3) is 0 Å². The van der Waals surface area contributed by atoms with Crippen LogP contribution in [0.15, 0.2) is 22.7 Å². The summed E-state index contributed by atoms with van der Waals surface area (Å²) in [7, 11) is 0. The zero-order chi connectivity index (χ0) is 11.1. The fourth-order valence-electron chi connectivity index (χ4n) is 1.15. The van der Waals surface area contributed by atoms with E-state index in [0.29, 0.717) is 11.6 Å². The third-order valence-electron chi connectivity index (χ3n) is 1.90. The number of hydrogen-bond acceptors (Lipinski definition) is 2. The van der Waals surface area contributed by atoms with Crippen LogP contribution in [0.1, 0.15) is 13.3 Å². The quantitative estimate of drug-likeness (QED) is 0.811. The molecule has 0 aliphatic carbocycles. The van der Waals surface area contributed by atoms with E-state index in [2.05, 4.69) is 28.2 Å². The Labute approximate surface area is 104 Å². The summed E-state index contributed by atoms with van der Waals surface area (Å²) in [5.41, 5.74) is 0. The molecule has 0 atom stereocenters. The Morgan fingerprint density at radius 1 is 1.47 bits per heavy atom. The normalized spacial score (nSPS) is 10.3. The average Bonchev–Trinajstić information content (AvgIpc) is 2.20. The van der Waals surface area contributed by atoms with Crippen molar-refractivity contribution in [3.63, 3.8) is 0 Å². The molecule has 1 N–H and O–H groups in total. The van der Waals surface area contributed by atoms with Crippen molar-refractivity contribution in [2.45, 2.75) is 13.3 Å². The zero-order valence-electron chi connectivity index (χ0n) is 8.72. The smallest absolute Gasteiger partial charge is 0.133 e. The Morgan fingerprint density at radius 2 is 2.27 bits per heavy atom. The minimum Gasteiger partial charge on any atom is -0.492 e. The minimum absolute atomic E-state index is 0.710. The van der Waals surface area contributed by atoms with E-state index >= 15 is 0 Å². The maximum absolute atomic E-state index is 5.82. The van der Waals surface area contributed by atoms with Crippen LogP contribution in [-0.2, 0) is 0 Å². The second-order valence-electron chi connectivity index (χ2n) is 3.13. The van der Waals surface area contributed by atoms with Crippen LogP contribution in [0, 0.1) is 0 Å². The molecular formula is C11H15BrClNO. The van der Waals surface area contributed by atoms with Crippen molar-refractivity contribution in [1.29, 1.82) is 0 Å². The van der Waals surface area contributed by atoms with Crippen LogP contribution in [-0.4, -0.2) is 19.7 Å². The molecule has 0 bridgehead atoms. The Bertz CT molecular complexity index is 307. The number of benzene rings is 1. The van der Waals surface area contributed by atoms with Crippen LogP contribution in [0.25, 0.3) is 0 Å². The lowest BCUT2D eigenvalue weighted by Crippen LogP contribution is -2.16. The molecule has 0 spiro atoms. The van der Waals surface area contributed by atoms with Crippen LogP contribution < -0.4 is 10.1 Å². The molecule has 0 aromatic heterocycles. The molecule has 1 aromatic rings. The van der Waals surface area contributed by atoms with Gasteiger partial charge in [0.1, 0.15) is 5.75 Å². The van der Waals surface area contributed by atoms with Gasteiger partial charge in [0.15, 0.2) is 0 Å². The lowest BCUT2D eigenvalue weighted by molar-refractivity contribution is 0.307. The molecule has 0 fully saturated rings. The molecule has 0 radical (unpaired) electrons. The molecule has 0 aliphatic heterocycles. The van der Waals surface area contributed by atoms with Crippen molar-refractivity contribution in [3.05, 3.63) is 27.7 Å². The molecule has 15 heavy (non-hydrogen) atoms. The summed E-state index contributed by atoms with van der Waals surface area (Å²) in [4.78, 5) is 0. The van der Waals surface area contributed by atoms with Gasteiger partial charge in [-0.3, -0.25) is 0 Å². The highest BCUT2D eigenvalue weighted by Gasteiger charge is 2.00. The summed E-state index contributed by atoms with van der Waals surface area (Å²) < 4.78 is 6.49. The van der Waals surface area contributed by atoms with Gasteiger partial charge in [-0.2, -0.15) is 0 Å². The molecular weight excluding hydrogens is 277 g/mol. The van der Waals surface area contributed by atoms with Crippen LogP contribution in [0.4, 0.5) is 0 Å². The number of hydrogen-bond donors (Lipinski definition) is 1. The van der Waals surface area contributed by atoms with E-state index in [0.717, 1.165) is 29.7 Å². The van der Waals surface area contributed by atoms with E-state index in [1.807, 2.05) is 18.2 Å². The largest absolute Gasteiger partial charge is 0.492 e. The first-order valence-corrected chi connectivity index (χ1v) is 6.19. The Hall–Kier alpha value is -0.250. The molecule has 0 unspecified atom stereocenters. The molecule has 0 saturated carbocycles. The second kappa shape index (κ2) is 7.09. The van der Waals surface area contributed by atoms with E-state index in [4.69, 9.17) is 16.3 Å². The molecule has 4 heteroatoms. The predicted molar refractivity (Wildman–Crippen MR) is 67.8 cm³/mol. The number of nitrogens with one attached hydrogen (secondary N) is 1. The van der Waals surface area contributed by atoms with Crippen LogP contribution >= 0.6 is 27.5 Å². The van der Waals surface area contributed by atoms with Crippen molar-refractivity contribution in [2.75, 3.05) is 19.7 Å². The van der Waals surface area contributed by atoms with Gasteiger partial charge < -0.3 is 10.1 Å². The lowest BCUT2D eigenvalue weighted by Gasteiger charge is -2.08. The number of rotatable bonds is 6. The maximum atomic E-state index is 5.82. The van der Waals surface area contributed by atoms with E-state index in [1.54, 1.807) is 0 Å². The Balaban J connectivity index is 2.31. The van der Waals surface area contributed by atoms with Gasteiger partial charge in [0, 0.05) is 5.02 Å². The van der Waals surface area contributed by atoms with E-state index in [-0.39, 0.29) is 0 Å². The monoisotopic (exact) mass is 291 g/mol. The van der Waals surface area contributed by atoms with Crippen molar-refractivity contribution >= 4 is 27.5 Å². The van der Waals surface area contributed by atoms with Gasteiger partial charge in [-0.1, -0.05) is 18.5 Å². The van der Waals surface area contributed by atoms with Gasteiger partial charge >= 0.3 is 0 Å². The summed E-state index contributed by atoms with van der Waals surface area (Å²) in [6.45, 7) is 4.80. The summed E-state index contributed by atoms with van der Waals surface area (Å²) in [5, 5.41) is 3.96. The fraction of sp³-hybridized carbons (Fsp3) is 0.455. The highest BCUT2D eigenvalue weighted by molar-refractivity contribution is 9.10. The topological polar surface area (TPSA) is 21.3 Å². The fourth-order valence-corrected chi connectivity index (χ4v) is 1.95. The van der Waals surface area contributed by atoms with Gasteiger partial charge in [0.2, 0.25) is 0 Å². The van der Waals surface area contributed by atoms with Crippen molar-refractivity contribution in [1.82, 2.24) is 5.32 Å². The first kappa shape index (κ1) is 12.8. The predicted octanol–water partition coefficient (Wildman–Crippen LogP) is 3.48. The molecule has 0 heterocycles. The van der Waals surface area contributed by atoms with Gasteiger partial charge in [-0.15, -0.1) is 0 Å². The molecule has 0 amide bonds. The molecule has 84 valence electrons. The van der Waals surface area contributed by atoms with Crippen molar-refractivity contribution < 1.29 is 4.74 Å². The third-order valence-corrected chi connectivity index (χ3v) is 2.75. The zero-order valence-corrected chi connectivity index (χ0v) is 11.1. The molecule has 0 saturated heterocycles. The summed E-state index contributed by atoms with van der Waals surface area (Å²) >= 11 is 9.23. The SMILES string of the molecule is CCNCCCOc1ccc(Cl)cc1Br. The van der Waals surface area contributed by atoms with Crippen LogP contribution in [0.2, 0.25) is 5.02 Å². The van der Waals surface area contributed by atoms with Crippen molar-refractivity contribution in [2.24, 2.45) is 0 Å². The second-order valence-corrected chi connectivity index (χ2v) is 4.42. The molecule has 1 rings (SSSR count). The van der Waals surface area contributed by atoms with Gasteiger partial charge in [0.05, 0.1) is 11.1 Å². The average molecular weight is 293 g/mol. The highest BCUT2D eigenvalue weighted by Crippen LogP contribution is 2.27. The van der Waals surface area contributed by atoms with E-state index in [1.165, 1.54) is 0 Å². The molecule has 1 aromatic carbocycles. The lowest BCUT2D eigenvalue weighted by atomic mass is 10.3. The summed E-state index contributed by atoms with van der Waals surface area (Å²) in [5.74, 6) is 0.843. The number of ether oxygens (including phenoxy) is 1. The van der Waals surface area contributed by atoms with Crippen LogP contribution in [0.5, 0.6) is 5.75 Å². The first-order valence-electron chi connectivity index (χ1n) is 5.02. The Morgan fingerprint density at radius 3 is 2.93 bits per heavy atom. The standard InChI is InChI=1S/C11H15BrClNO/c1-2-14-6-3-7-15-11-5-4-9(13)8-10(11)12/h4-5,8,14H,2-3,6-7H2,1H3. The third kappa shape index (κ3) is 4.87.